The number of benzene rings is 1. The molecule has 1 aliphatic rings. The molecule has 0 saturated carbocycles. The Morgan fingerprint density at radius 1 is 1.29 bits per heavy atom. The summed E-state index contributed by atoms with van der Waals surface area (Å²) in [5, 5.41) is 3.19. The maximum atomic E-state index is 12.5. The summed E-state index contributed by atoms with van der Waals surface area (Å²) >= 11 is 0. The van der Waals surface area contributed by atoms with Gasteiger partial charge in [-0.25, -0.2) is 0 Å². The largest absolute Gasteiger partial charge is 0.416 e. The number of carbonyl (C=O) groups excluding carboxylic acids is 1. The average molecular weight is 300 g/mol. The standard InChI is InChI=1S/C15H19F3N2O/c1-2-8-19-13-7-9-20(14(13)21)10-11-3-5-12(6-4-11)15(16,17)18/h3-6,13,19H,2,7-10H2,1H3. The first-order valence-corrected chi connectivity index (χ1v) is 7.10. The van der Waals surface area contributed by atoms with Gasteiger partial charge in [-0.1, -0.05) is 19.1 Å². The molecule has 1 amide bonds. The number of nitrogens with one attached hydrogen (secondary N) is 1. The third-order valence-electron chi connectivity index (χ3n) is 3.59. The van der Waals surface area contributed by atoms with E-state index in [4.69, 9.17) is 0 Å². The molecule has 6 heteroatoms. The Morgan fingerprint density at radius 3 is 2.52 bits per heavy atom. The van der Waals surface area contributed by atoms with Crippen molar-refractivity contribution >= 4 is 5.91 Å². The molecule has 2 rings (SSSR count). The van der Waals surface area contributed by atoms with Gasteiger partial charge < -0.3 is 10.2 Å². The van der Waals surface area contributed by atoms with Crippen molar-refractivity contribution in [3.8, 4) is 0 Å². The minimum absolute atomic E-state index is 0.0309. The summed E-state index contributed by atoms with van der Waals surface area (Å²) in [7, 11) is 0. The van der Waals surface area contributed by atoms with Crippen LogP contribution in [0.1, 0.15) is 30.9 Å². The van der Waals surface area contributed by atoms with Crippen LogP contribution in [0.4, 0.5) is 13.2 Å². The van der Waals surface area contributed by atoms with Crippen LogP contribution in [0.2, 0.25) is 0 Å². The molecule has 116 valence electrons. The maximum Gasteiger partial charge on any atom is 0.416 e. The third kappa shape index (κ3) is 3.97. The number of halogens is 3. The van der Waals surface area contributed by atoms with E-state index in [9.17, 15) is 18.0 Å². The summed E-state index contributed by atoms with van der Waals surface area (Å²) in [6, 6.07) is 4.83. The molecule has 21 heavy (non-hydrogen) atoms. The minimum atomic E-state index is -4.32. The molecular formula is C15H19F3N2O. The highest BCUT2D eigenvalue weighted by molar-refractivity contribution is 5.83. The van der Waals surface area contributed by atoms with Crippen molar-refractivity contribution in [2.45, 2.75) is 38.5 Å². The zero-order chi connectivity index (χ0) is 15.5. The number of nitrogens with zero attached hydrogens (tertiary/aromatic N) is 1. The smallest absolute Gasteiger partial charge is 0.337 e. The van der Waals surface area contributed by atoms with Crippen LogP contribution < -0.4 is 5.32 Å². The van der Waals surface area contributed by atoms with Crippen molar-refractivity contribution < 1.29 is 18.0 Å². The van der Waals surface area contributed by atoms with E-state index in [2.05, 4.69) is 5.32 Å². The lowest BCUT2D eigenvalue weighted by atomic mass is 10.1. The van der Waals surface area contributed by atoms with Crippen molar-refractivity contribution in [2.75, 3.05) is 13.1 Å². The van der Waals surface area contributed by atoms with Gasteiger partial charge in [-0.05, 0) is 37.1 Å². The monoisotopic (exact) mass is 300 g/mol. The summed E-state index contributed by atoms with van der Waals surface area (Å²) in [5.74, 6) is 0.0309. The van der Waals surface area contributed by atoms with Gasteiger partial charge in [0.15, 0.2) is 0 Å². The van der Waals surface area contributed by atoms with Crippen molar-refractivity contribution in [2.24, 2.45) is 0 Å². The van der Waals surface area contributed by atoms with Crippen molar-refractivity contribution in [1.29, 1.82) is 0 Å². The van der Waals surface area contributed by atoms with Crippen LogP contribution in [0.25, 0.3) is 0 Å². The van der Waals surface area contributed by atoms with E-state index in [0.29, 0.717) is 18.7 Å². The molecule has 1 saturated heterocycles. The summed E-state index contributed by atoms with van der Waals surface area (Å²) < 4.78 is 37.4. The molecule has 1 aromatic rings. The fraction of sp³-hybridized carbons (Fsp3) is 0.533. The van der Waals surface area contributed by atoms with Crippen molar-refractivity contribution in [1.82, 2.24) is 10.2 Å². The van der Waals surface area contributed by atoms with Gasteiger partial charge in [0.25, 0.3) is 0 Å². The van der Waals surface area contributed by atoms with Crippen LogP contribution in [-0.2, 0) is 17.5 Å². The molecule has 3 nitrogen and oxygen atoms in total. The molecule has 1 N–H and O–H groups in total. The number of rotatable bonds is 5. The molecule has 1 heterocycles. The van der Waals surface area contributed by atoms with Crippen LogP contribution in [0, 0.1) is 0 Å². The third-order valence-corrected chi connectivity index (χ3v) is 3.59. The summed E-state index contributed by atoms with van der Waals surface area (Å²) in [6.07, 6.45) is -2.61. The molecule has 1 aromatic carbocycles. The first-order valence-electron chi connectivity index (χ1n) is 7.10. The lowest BCUT2D eigenvalue weighted by Crippen LogP contribution is -2.38. The Balaban J connectivity index is 1.95. The topological polar surface area (TPSA) is 32.3 Å². The van der Waals surface area contributed by atoms with Crippen molar-refractivity contribution in [3.05, 3.63) is 35.4 Å². The molecule has 0 bridgehead atoms. The summed E-state index contributed by atoms with van der Waals surface area (Å²) in [6.45, 7) is 3.83. The summed E-state index contributed by atoms with van der Waals surface area (Å²) in [4.78, 5) is 13.8. The van der Waals surface area contributed by atoms with E-state index in [1.807, 2.05) is 6.92 Å². The Hall–Kier alpha value is -1.56. The number of carbonyl (C=O) groups is 1. The van der Waals surface area contributed by atoms with Gasteiger partial charge in [0.1, 0.15) is 0 Å². The van der Waals surface area contributed by atoms with Crippen molar-refractivity contribution in [3.63, 3.8) is 0 Å². The van der Waals surface area contributed by atoms with Crippen LogP contribution >= 0.6 is 0 Å². The van der Waals surface area contributed by atoms with E-state index < -0.39 is 11.7 Å². The van der Waals surface area contributed by atoms with Gasteiger partial charge in [0.2, 0.25) is 5.91 Å². The van der Waals surface area contributed by atoms with Gasteiger partial charge in [0.05, 0.1) is 11.6 Å². The zero-order valence-corrected chi connectivity index (χ0v) is 11.9. The van der Waals surface area contributed by atoms with Gasteiger partial charge in [-0.15, -0.1) is 0 Å². The van der Waals surface area contributed by atoms with E-state index in [-0.39, 0.29) is 11.9 Å². The predicted molar refractivity (Wildman–Crippen MR) is 73.6 cm³/mol. The second-order valence-electron chi connectivity index (χ2n) is 5.25. The fourth-order valence-electron chi connectivity index (χ4n) is 2.42. The van der Waals surface area contributed by atoms with Gasteiger partial charge >= 0.3 is 6.18 Å². The Bertz CT molecular complexity index is 485. The molecule has 0 aliphatic carbocycles. The number of hydrogen-bond acceptors (Lipinski definition) is 2. The SMILES string of the molecule is CCCNC1CCN(Cc2ccc(C(F)(F)F)cc2)C1=O. The molecule has 1 fully saturated rings. The second-order valence-corrected chi connectivity index (χ2v) is 5.25. The molecule has 1 unspecified atom stereocenters. The normalized spacial score (nSPS) is 19.3. The number of amides is 1. The minimum Gasteiger partial charge on any atom is -0.337 e. The van der Waals surface area contributed by atoms with E-state index in [1.54, 1.807) is 4.90 Å². The zero-order valence-electron chi connectivity index (χ0n) is 11.9. The first-order chi connectivity index (χ1) is 9.91. The average Bonchev–Trinajstić information content (AvgIpc) is 2.77. The Labute approximate surface area is 122 Å². The molecule has 1 atom stereocenters. The first kappa shape index (κ1) is 15.8. The molecule has 0 spiro atoms. The van der Waals surface area contributed by atoms with Crippen LogP contribution in [0.3, 0.4) is 0 Å². The van der Waals surface area contributed by atoms with Crippen LogP contribution in [-0.4, -0.2) is 29.9 Å². The number of alkyl halides is 3. The second kappa shape index (κ2) is 6.47. The van der Waals surface area contributed by atoms with E-state index in [1.165, 1.54) is 12.1 Å². The van der Waals surface area contributed by atoms with Gasteiger partial charge in [-0.3, -0.25) is 4.79 Å². The van der Waals surface area contributed by atoms with E-state index in [0.717, 1.165) is 31.5 Å². The molecule has 0 radical (unpaired) electrons. The van der Waals surface area contributed by atoms with Gasteiger partial charge in [-0.2, -0.15) is 13.2 Å². The van der Waals surface area contributed by atoms with Crippen LogP contribution in [0.5, 0.6) is 0 Å². The van der Waals surface area contributed by atoms with E-state index >= 15 is 0 Å². The predicted octanol–water partition coefficient (Wildman–Crippen LogP) is 2.81. The summed E-state index contributed by atoms with van der Waals surface area (Å²) in [5.41, 5.74) is 0.0500. The molecule has 0 aromatic heterocycles. The number of hydrogen-bond donors (Lipinski definition) is 1. The van der Waals surface area contributed by atoms with Crippen LogP contribution in [0.15, 0.2) is 24.3 Å². The Morgan fingerprint density at radius 2 is 1.95 bits per heavy atom. The number of likely N-dealkylation sites (tertiary alicyclic amines) is 1. The highest BCUT2D eigenvalue weighted by atomic mass is 19.4. The van der Waals surface area contributed by atoms with Gasteiger partial charge in [0, 0.05) is 13.1 Å². The highest BCUT2D eigenvalue weighted by Gasteiger charge is 2.32. The fourth-order valence-corrected chi connectivity index (χ4v) is 2.42. The quantitative estimate of drug-likeness (QED) is 0.907. The molecule has 1 aliphatic heterocycles. The highest BCUT2D eigenvalue weighted by Crippen LogP contribution is 2.29. The lowest BCUT2D eigenvalue weighted by Gasteiger charge is -2.17. The molecular weight excluding hydrogens is 281 g/mol. The lowest BCUT2D eigenvalue weighted by molar-refractivity contribution is -0.137. The maximum absolute atomic E-state index is 12.5. The Kier molecular flexibility index (Phi) is 4.88.